The molecule has 5 rings (SSSR count). The van der Waals surface area contributed by atoms with E-state index in [9.17, 15) is 9.59 Å². The molecule has 0 unspecified atom stereocenters. The third-order valence-corrected chi connectivity index (χ3v) is 7.88. The number of carbonyl (C=O) groups is 1. The Morgan fingerprint density at radius 3 is 2.54 bits per heavy atom. The van der Waals surface area contributed by atoms with Gasteiger partial charge < -0.3 is 23.8 Å². The van der Waals surface area contributed by atoms with Crippen molar-refractivity contribution in [3.63, 3.8) is 0 Å². The fraction of sp³-hybridized carbons (Fsp3) is 0.345. The lowest BCUT2D eigenvalue weighted by Crippen LogP contribution is -2.43. The Bertz CT molecular complexity index is 1630. The van der Waals surface area contributed by atoms with Gasteiger partial charge in [0.05, 0.1) is 30.0 Å². The lowest BCUT2D eigenvalue weighted by molar-refractivity contribution is -0.127. The van der Waals surface area contributed by atoms with Gasteiger partial charge in [0.15, 0.2) is 16.3 Å². The van der Waals surface area contributed by atoms with Crippen LogP contribution in [0.3, 0.4) is 0 Å². The molecule has 1 aromatic heterocycles. The first-order valence-electron chi connectivity index (χ1n) is 12.8. The maximum Gasteiger partial charge on any atom is 0.271 e. The predicted octanol–water partition coefficient (Wildman–Crippen LogP) is 2.89. The largest absolute Gasteiger partial charge is 0.497 e. The molecule has 2 aliphatic rings. The molecule has 3 aromatic rings. The second-order valence-electron chi connectivity index (χ2n) is 9.07. The summed E-state index contributed by atoms with van der Waals surface area (Å²) < 4.78 is 24.6. The van der Waals surface area contributed by atoms with Crippen molar-refractivity contribution in [2.24, 2.45) is 4.99 Å². The van der Waals surface area contributed by atoms with Gasteiger partial charge in [0.1, 0.15) is 30.8 Å². The second-order valence-corrected chi connectivity index (χ2v) is 10.1. The zero-order valence-electron chi connectivity index (χ0n) is 22.6. The summed E-state index contributed by atoms with van der Waals surface area (Å²) in [6, 6.07) is 10.2. The van der Waals surface area contributed by atoms with Crippen LogP contribution in [0.4, 0.5) is 0 Å². The minimum absolute atomic E-state index is 0.169. The summed E-state index contributed by atoms with van der Waals surface area (Å²) in [6.07, 6.45) is 1.81. The van der Waals surface area contributed by atoms with Gasteiger partial charge in [-0.05, 0) is 62.7 Å². The van der Waals surface area contributed by atoms with E-state index in [1.165, 1.54) is 11.3 Å². The van der Waals surface area contributed by atoms with E-state index < -0.39 is 6.04 Å². The SMILES string of the molecule is CCN(CC)C(=O)C1=C(C)N=c2s/c(=C/c3ccc4c(c3)OCCO4)c(=O)n2[C@@H]1c1cc(OC)ccc1OC. The van der Waals surface area contributed by atoms with E-state index in [1.54, 1.807) is 35.8 Å². The van der Waals surface area contributed by atoms with Crippen molar-refractivity contribution in [3.8, 4) is 23.0 Å². The number of likely N-dealkylation sites (N-methyl/N-ethyl adjacent to an activating group) is 1. The van der Waals surface area contributed by atoms with Gasteiger partial charge in [-0.1, -0.05) is 17.4 Å². The molecule has 0 saturated carbocycles. The molecule has 0 bridgehead atoms. The number of hydrogen-bond donors (Lipinski definition) is 0. The van der Waals surface area contributed by atoms with Crippen LogP contribution in [-0.2, 0) is 4.79 Å². The van der Waals surface area contributed by atoms with E-state index in [2.05, 4.69) is 0 Å². The molecule has 10 heteroatoms. The minimum atomic E-state index is -0.748. The number of nitrogens with zero attached hydrogens (tertiary/aromatic N) is 3. The molecule has 204 valence electrons. The van der Waals surface area contributed by atoms with Crippen LogP contribution in [-0.4, -0.2) is 55.9 Å². The third kappa shape index (κ3) is 4.80. The maximum atomic E-state index is 14.0. The number of fused-ring (bicyclic) bond motifs is 2. The Morgan fingerprint density at radius 1 is 1.10 bits per heavy atom. The Balaban J connectivity index is 1.74. The van der Waals surface area contributed by atoms with Gasteiger partial charge >= 0.3 is 0 Å². The molecule has 0 aliphatic carbocycles. The molecule has 0 radical (unpaired) electrons. The zero-order chi connectivity index (χ0) is 27.7. The first kappa shape index (κ1) is 26.6. The van der Waals surface area contributed by atoms with Crippen molar-refractivity contribution in [3.05, 3.63) is 78.5 Å². The van der Waals surface area contributed by atoms with E-state index in [1.807, 2.05) is 51.1 Å². The Morgan fingerprint density at radius 2 is 1.85 bits per heavy atom. The molecule has 2 aromatic carbocycles. The standard InChI is InChI=1S/C29H31N3O6S/c1-6-31(7-2)28(34)25-17(3)30-29-32(26(25)20-16-19(35-4)9-11-21(20)36-5)27(33)24(39-29)15-18-8-10-22-23(14-18)38-13-12-37-22/h8-11,14-16,26H,6-7,12-13H2,1-5H3/b24-15+/t26-/m1/s1. The number of thiazole rings is 1. The molecule has 0 N–H and O–H groups in total. The van der Waals surface area contributed by atoms with Crippen molar-refractivity contribution < 1.29 is 23.7 Å². The number of allylic oxidation sites excluding steroid dienone is 1. The molecule has 0 saturated heterocycles. The Hall–Kier alpha value is -4.05. The summed E-state index contributed by atoms with van der Waals surface area (Å²) in [4.78, 5) is 34.9. The maximum absolute atomic E-state index is 14.0. The molecule has 9 nitrogen and oxygen atoms in total. The van der Waals surface area contributed by atoms with Gasteiger partial charge in [-0.3, -0.25) is 14.2 Å². The average molecular weight is 550 g/mol. The van der Waals surface area contributed by atoms with Crippen LogP contribution in [0.1, 0.15) is 37.9 Å². The fourth-order valence-corrected chi connectivity index (χ4v) is 5.97. The van der Waals surface area contributed by atoms with E-state index in [4.69, 9.17) is 23.9 Å². The predicted molar refractivity (Wildman–Crippen MR) is 149 cm³/mol. The van der Waals surface area contributed by atoms with Gasteiger partial charge in [-0.2, -0.15) is 0 Å². The molecule has 1 atom stereocenters. The topological polar surface area (TPSA) is 91.6 Å². The van der Waals surface area contributed by atoms with Gasteiger partial charge in [0.2, 0.25) is 0 Å². The monoisotopic (exact) mass is 549 g/mol. The molecule has 0 spiro atoms. The van der Waals surface area contributed by atoms with E-state index in [-0.39, 0.29) is 11.5 Å². The van der Waals surface area contributed by atoms with Crippen LogP contribution in [0, 0.1) is 0 Å². The molecule has 1 amide bonds. The van der Waals surface area contributed by atoms with Gasteiger partial charge in [-0.15, -0.1) is 0 Å². The molecular formula is C29H31N3O6S. The highest BCUT2D eigenvalue weighted by atomic mass is 32.1. The number of hydrogen-bond acceptors (Lipinski definition) is 8. The van der Waals surface area contributed by atoms with Crippen molar-refractivity contribution in [1.29, 1.82) is 0 Å². The van der Waals surface area contributed by atoms with Crippen LogP contribution in [0.25, 0.3) is 6.08 Å². The lowest BCUT2D eigenvalue weighted by Gasteiger charge is -2.30. The highest BCUT2D eigenvalue weighted by Gasteiger charge is 2.36. The second kappa shape index (κ2) is 11.0. The number of ether oxygens (including phenoxy) is 4. The van der Waals surface area contributed by atoms with Crippen molar-refractivity contribution in [2.75, 3.05) is 40.5 Å². The molecular weight excluding hydrogens is 518 g/mol. The van der Waals surface area contributed by atoms with Crippen LogP contribution in [0.2, 0.25) is 0 Å². The smallest absolute Gasteiger partial charge is 0.271 e. The highest BCUT2D eigenvalue weighted by molar-refractivity contribution is 7.07. The van der Waals surface area contributed by atoms with Crippen molar-refractivity contribution in [2.45, 2.75) is 26.8 Å². The summed E-state index contributed by atoms with van der Waals surface area (Å²) in [6.45, 7) is 7.72. The van der Waals surface area contributed by atoms with Gasteiger partial charge in [0.25, 0.3) is 11.5 Å². The number of carbonyl (C=O) groups excluding carboxylic acids is 1. The molecule has 0 fully saturated rings. The summed E-state index contributed by atoms with van der Waals surface area (Å²) in [7, 11) is 3.15. The van der Waals surface area contributed by atoms with Crippen molar-refractivity contribution >= 4 is 23.3 Å². The van der Waals surface area contributed by atoms with E-state index >= 15 is 0 Å². The fourth-order valence-electron chi connectivity index (χ4n) is 4.92. The average Bonchev–Trinajstić information content (AvgIpc) is 3.26. The summed E-state index contributed by atoms with van der Waals surface area (Å²) in [5.41, 5.74) is 2.20. The van der Waals surface area contributed by atoms with Crippen LogP contribution < -0.4 is 33.8 Å². The third-order valence-electron chi connectivity index (χ3n) is 6.90. The van der Waals surface area contributed by atoms with E-state index in [0.717, 1.165) is 5.56 Å². The summed E-state index contributed by atoms with van der Waals surface area (Å²) >= 11 is 1.28. The Labute approximate surface area is 230 Å². The summed E-state index contributed by atoms with van der Waals surface area (Å²) in [5, 5.41) is 0. The van der Waals surface area contributed by atoms with Crippen LogP contribution in [0.5, 0.6) is 23.0 Å². The van der Waals surface area contributed by atoms with Crippen LogP contribution >= 0.6 is 11.3 Å². The minimum Gasteiger partial charge on any atom is -0.497 e. The molecule has 39 heavy (non-hydrogen) atoms. The van der Waals surface area contributed by atoms with Gasteiger partial charge in [-0.25, -0.2) is 4.99 Å². The number of rotatable bonds is 7. The van der Waals surface area contributed by atoms with Crippen molar-refractivity contribution in [1.82, 2.24) is 9.47 Å². The number of methoxy groups -OCH3 is 2. The van der Waals surface area contributed by atoms with Gasteiger partial charge in [0, 0.05) is 18.7 Å². The number of amides is 1. The quantitative estimate of drug-likeness (QED) is 0.450. The molecule has 3 heterocycles. The lowest BCUT2D eigenvalue weighted by atomic mass is 9.93. The van der Waals surface area contributed by atoms with E-state index in [0.29, 0.717) is 75.5 Å². The number of benzene rings is 2. The first-order chi connectivity index (χ1) is 18.9. The zero-order valence-corrected chi connectivity index (χ0v) is 23.5. The van der Waals surface area contributed by atoms with Crippen LogP contribution in [0.15, 0.2) is 57.5 Å². The number of aromatic nitrogens is 1. The first-order valence-corrected chi connectivity index (χ1v) is 13.6. The molecule has 2 aliphatic heterocycles. The highest BCUT2D eigenvalue weighted by Crippen LogP contribution is 2.38. The normalized spacial score (nSPS) is 16.4. The summed E-state index contributed by atoms with van der Waals surface area (Å²) in [5.74, 6) is 2.29. The Kier molecular flexibility index (Phi) is 7.47.